The Balaban J connectivity index is 1.73. The van der Waals surface area contributed by atoms with Crippen LogP contribution in [0.1, 0.15) is 30.4 Å². The summed E-state index contributed by atoms with van der Waals surface area (Å²) < 4.78 is 50.7. The van der Waals surface area contributed by atoms with E-state index in [0.29, 0.717) is 23.6 Å². The van der Waals surface area contributed by atoms with Gasteiger partial charge in [-0.25, -0.2) is 16.8 Å². The molecule has 0 radical (unpaired) electrons. The number of hydrogen-bond donors (Lipinski definition) is 0. The highest BCUT2D eigenvalue weighted by atomic mass is 35.5. The summed E-state index contributed by atoms with van der Waals surface area (Å²) in [6, 6.07) is 16.1. The van der Waals surface area contributed by atoms with Gasteiger partial charge in [-0.1, -0.05) is 54.1 Å². The van der Waals surface area contributed by atoms with Gasteiger partial charge in [-0.2, -0.15) is 0 Å². The van der Waals surface area contributed by atoms with Crippen molar-refractivity contribution in [2.75, 3.05) is 31.6 Å². The first-order valence-electron chi connectivity index (χ1n) is 10.1. The molecule has 0 aromatic heterocycles. The van der Waals surface area contributed by atoms with E-state index in [0.717, 1.165) is 13.0 Å². The fraction of sp³-hybridized carbons (Fsp3) is 0.455. The number of hydrogen-bond acceptors (Lipinski definition) is 5. The number of sulfone groups is 2. The lowest BCUT2D eigenvalue weighted by atomic mass is 10.1. The molecule has 8 heteroatoms. The minimum absolute atomic E-state index is 0.0764. The second-order valence-corrected chi connectivity index (χ2v) is 13.3. The van der Waals surface area contributed by atoms with Crippen molar-refractivity contribution < 1.29 is 16.8 Å². The van der Waals surface area contributed by atoms with Gasteiger partial charge in [0.15, 0.2) is 23.8 Å². The molecule has 0 saturated carbocycles. The SMILES string of the molecule is CN(CCCC1(c2ccccc2)S(=O)(=O)CCCS1(=O)=O)CCc1ccc(Cl)cc1. The van der Waals surface area contributed by atoms with Crippen molar-refractivity contribution in [3.63, 3.8) is 0 Å². The van der Waals surface area contributed by atoms with E-state index in [1.165, 1.54) is 5.56 Å². The van der Waals surface area contributed by atoms with Gasteiger partial charge in [0, 0.05) is 11.6 Å². The highest BCUT2D eigenvalue weighted by molar-refractivity contribution is 8.10. The van der Waals surface area contributed by atoms with Crippen molar-refractivity contribution in [2.45, 2.75) is 29.8 Å². The minimum Gasteiger partial charge on any atom is -0.306 e. The second-order valence-electron chi connectivity index (χ2n) is 7.89. The van der Waals surface area contributed by atoms with E-state index in [9.17, 15) is 16.8 Å². The molecule has 0 atom stereocenters. The molecule has 2 aromatic carbocycles. The van der Waals surface area contributed by atoms with E-state index in [1.807, 2.05) is 31.3 Å². The molecule has 1 saturated heterocycles. The number of rotatable bonds is 8. The Labute approximate surface area is 184 Å². The second kappa shape index (κ2) is 9.39. The van der Waals surface area contributed by atoms with Crippen molar-refractivity contribution in [2.24, 2.45) is 0 Å². The van der Waals surface area contributed by atoms with Crippen molar-refractivity contribution in [3.8, 4) is 0 Å². The third-order valence-electron chi connectivity index (χ3n) is 5.79. The molecule has 5 nitrogen and oxygen atoms in total. The molecular weight excluding hydrogens is 442 g/mol. The van der Waals surface area contributed by atoms with E-state index < -0.39 is 23.8 Å². The third-order valence-corrected chi connectivity index (χ3v) is 12.1. The molecule has 0 amide bonds. The summed E-state index contributed by atoms with van der Waals surface area (Å²) in [5, 5.41) is 0.702. The lowest BCUT2D eigenvalue weighted by molar-refractivity contribution is 0.326. The van der Waals surface area contributed by atoms with Gasteiger partial charge in [0.05, 0.1) is 11.5 Å². The molecular formula is C22H28ClNO4S2. The first-order chi connectivity index (χ1) is 14.2. The quantitative estimate of drug-likeness (QED) is 0.589. The highest BCUT2D eigenvalue weighted by Crippen LogP contribution is 2.44. The lowest BCUT2D eigenvalue weighted by Crippen LogP contribution is -2.50. The summed E-state index contributed by atoms with van der Waals surface area (Å²) in [7, 11) is -5.68. The maximum atomic E-state index is 13.1. The summed E-state index contributed by atoms with van der Waals surface area (Å²) in [6.07, 6.45) is 1.56. The van der Waals surface area contributed by atoms with E-state index in [4.69, 9.17) is 11.6 Å². The van der Waals surface area contributed by atoms with Crippen LogP contribution < -0.4 is 0 Å². The standard InChI is InChI=1S/C22H28ClNO4S2/c1-24(16-13-19-9-11-21(23)12-10-19)15-5-14-22(20-7-3-2-4-8-20)29(25,26)17-6-18-30(22,27)28/h2-4,7-12H,5-6,13-18H2,1H3. The molecule has 1 fully saturated rings. The minimum atomic E-state index is -3.82. The zero-order valence-corrected chi connectivity index (χ0v) is 19.5. The fourth-order valence-electron chi connectivity index (χ4n) is 4.13. The van der Waals surface area contributed by atoms with E-state index in [1.54, 1.807) is 30.3 Å². The highest BCUT2D eigenvalue weighted by Gasteiger charge is 2.57. The number of nitrogens with zero attached hydrogens (tertiary/aromatic N) is 1. The molecule has 1 aliphatic heterocycles. The maximum Gasteiger partial charge on any atom is 0.198 e. The predicted molar refractivity (Wildman–Crippen MR) is 122 cm³/mol. The van der Waals surface area contributed by atoms with Gasteiger partial charge >= 0.3 is 0 Å². The molecule has 0 spiro atoms. The Morgan fingerprint density at radius 2 is 1.50 bits per heavy atom. The van der Waals surface area contributed by atoms with Crippen LogP contribution in [0.25, 0.3) is 0 Å². The van der Waals surface area contributed by atoms with Gasteiger partial charge in [0.2, 0.25) is 0 Å². The zero-order valence-electron chi connectivity index (χ0n) is 17.1. The van der Waals surface area contributed by atoms with E-state index in [-0.39, 0.29) is 24.3 Å². The van der Waals surface area contributed by atoms with Crippen LogP contribution in [-0.4, -0.2) is 53.4 Å². The average molecular weight is 470 g/mol. The number of halogens is 1. The molecule has 0 aliphatic carbocycles. The van der Waals surface area contributed by atoms with Crippen LogP contribution in [0.15, 0.2) is 54.6 Å². The topological polar surface area (TPSA) is 71.5 Å². The maximum absolute atomic E-state index is 13.1. The average Bonchev–Trinajstić information content (AvgIpc) is 2.70. The summed E-state index contributed by atoms with van der Waals surface area (Å²) in [5.41, 5.74) is 1.54. The molecule has 0 unspecified atom stereocenters. The summed E-state index contributed by atoms with van der Waals surface area (Å²) in [6.45, 7) is 1.41. The zero-order chi connectivity index (χ0) is 21.8. The first kappa shape index (κ1) is 23.3. The Kier molecular flexibility index (Phi) is 7.28. The monoisotopic (exact) mass is 469 g/mol. The molecule has 2 aromatic rings. The Morgan fingerprint density at radius 1 is 0.900 bits per heavy atom. The molecule has 164 valence electrons. The predicted octanol–water partition coefficient (Wildman–Crippen LogP) is 3.68. The van der Waals surface area contributed by atoms with Gasteiger partial charge < -0.3 is 4.90 Å². The van der Waals surface area contributed by atoms with Crippen LogP contribution in [0, 0.1) is 0 Å². The van der Waals surface area contributed by atoms with Crippen LogP contribution in [0.4, 0.5) is 0 Å². The number of benzene rings is 2. The lowest BCUT2D eigenvalue weighted by Gasteiger charge is -2.37. The van der Waals surface area contributed by atoms with Crippen LogP contribution >= 0.6 is 11.6 Å². The van der Waals surface area contributed by atoms with Crippen molar-refractivity contribution in [1.82, 2.24) is 4.90 Å². The fourth-order valence-corrected chi connectivity index (χ4v) is 10.1. The number of likely N-dealkylation sites (N-methyl/N-ethyl adjacent to an activating group) is 1. The smallest absolute Gasteiger partial charge is 0.198 e. The summed E-state index contributed by atoms with van der Waals surface area (Å²) in [5.74, 6) is -0.180. The van der Waals surface area contributed by atoms with Crippen LogP contribution in [-0.2, 0) is 30.2 Å². The van der Waals surface area contributed by atoms with Gasteiger partial charge in [-0.15, -0.1) is 0 Å². The normalized spacial score (nSPS) is 19.6. The van der Waals surface area contributed by atoms with Gasteiger partial charge in [-0.3, -0.25) is 0 Å². The van der Waals surface area contributed by atoms with Gasteiger partial charge in [-0.05, 0) is 62.5 Å². The van der Waals surface area contributed by atoms with Gasteiger partial charge in [0.25, 0.3) is 0 Å². The molecule has 0 N–H and O–H groups in total. The van der Waals surface area contributed by atoms with Crippen LogP contribution in [0.5, 0.6) is 0 Å². The molecule has 3 rings (SSSR count). The third kappa shape index (κ3) is 4.74. The Hall–Kier alpha value is -1.41. The molecule has 0 bridgehead atoms. The van der Waals surface area contributed by atoms with E-state index in [2.05, 4.69) is 4.90 Å². The summed E-state index contributed by atoms with van der Waals surface area (Å²) in [4.78, 5) is 2.11. The largest absolute Gasteiger partial charge is 0.306 e. The van der Waals surface area contributed by atoms with Crippen molar-refractivity contribution in [1.29, 1.82) is 0 Å². The first-order valence-corrected chi connectivity index (χ1v) is 13.8. The molecule has 1 aliphatic rings. The summed E-state index contributed by atoms with van der Waals surface area (Å²) >= 11 is 5.92. The molecule has 30 heavy (non-hydrogen) atoms. The molecule has 1 heterocycles. The van der Waals surface area contributed by atoms with Crippen molar-refractivity contribution in [3.05, 3.63) is 70.7 Å². The van der Waals surface area contributed by atoms with E-state index >= 15 is 0 Å². The van der Waals surface area contributed by atoms with Crippen LogP contribution in [0.2, 0.25) is 5.02 Å². The Morgan fingerprint density at radius 3 is 2.10 bits per heavy atom. The van der Waals surface area contributed by atoms with Crippen molar-refractivity contribution >= 4 is 31.3 Å². The van der Waals surface area contributed by atoms with Gasteiger partial charge in [0.1, 0.15) is 0 Å². The van der Waals surface area contributed by atoms with Crippen LogP contribution in [0.3, 0.4) is 0 Å². The Bertz CT molecular complexity index is 1020.